The molecule has 12 heavy (non-hydrogen) atoms. The van der Waals surface area contributed by atoms with Gasteiger partial charge in [-0.3, -0.25) is 0 Å². The zero-order chi connectivity index (χ0) is 8.55. The molecule has 0 aromatic carbocycles. The van der Waals surface area contributed by atoms with E-state index in [1.165, 1.54) is 17.7 Å². The summed E-state index contributed by atoms with van der Waals surface area (Å²) in [4.78, 5) is 1.28. The maximum absolute atomic E-state index is 9.64. The Morgan fingerprint density at radius 2 is 2.42 bits per heavy atom. The van der Waals surface area contributed by atoms with Crippen molar-refractivity contribution in [3.05, 3.63) is 20.8 Å². The lowest BCUT2D eigenvalue weighted by Gasteiger charge is -2.05. The van der Waals surface area contributed by atoms with Crippen LogP contribution in [0.3, 0.4) is 0 Å². The summed E-state index contributed by atoms with van der Waals surface area (Å²) in [6, 6.07) is 2.09. The lowest BCUT2D eigenvalue weighted by molar-refractivity contribution is 0.152. The fourth-order valence-electron chi connectivity index (χ4n) is 1.31. The summed E-state index contributed by atoms with van der Waals surface area (Å²) in [5.74, 6) is 0.589. The molecule has 1 aromatic heterocycles. The van der Waals surface area contributed by atoms with Crippen molar-refractivity contribution in [2.75, 3.05) is 0 Å². The van der Waals surface area contributed by atoms with Gasteiger partial charge in [0.15, 0.2) is 0 Å². The van der Waals surface area contributed by atoms with Crippen LogP contribution < -0.4 is 0 Å². The normalized spacial score (nSPS) is 19.5. The Labute approximate surface area is 84.6 Å². The Balaban J connectivity index is 1.93. The topological polar surface area (TPSA) is 20.2 Å². The van der Waals surface area contributed by atoms with Gasteiger partial charge in [0.25, 0.3) is 0 Å². The molecule has 1 N–H and O–H groups in total. The van der Waals surface area contributed by atoms with E-state index in [1.54, 1.807) is 11.3 Å². The lowest BCUT2D eigenvalue weighted by Crippen LogP contribution is -2.11. The van der Waals surface area contributed by atoms with E-state index in [1.807, 2.05) is 0 Å². The number of hydrogen-bond donors (Lipinski definition) is 1. The zero-order valence-corrected chi connectivity index (χ0v) is 9.07. The van der Waals surface area contributed by atoms with Crippen molar-refractivity contribution >= 4 is 27.3 Å². The summed E-state index contributed by atoms with van der Waals surface area (Å²) in [5, 5.41) is 11.7. The van der Waals surface area contributed by atoms with Gasteiger partial charge in [0, 0.05) is 21.2 Å². The second-order valence-corrected chi connectivity index (χ2v) is 5.25. The molecular formula is C9H11BrOS. The lowest BCUT2D eigenvalue weighted by atomic mass is 10.1. The smallest absolute Gasteiger partial charge is 0.0616 e. The molecule has 0 radical (unpaired) electrons. The predicted octanol–water partition coefficient (Wildman–Crippen LogP) is 2.82. The van der Waals surface area contributed by atoms with Gasteiger partial charge in [-0.15, -0.1) is 11.3 Å². The number of aliphatic hydroxyl groups is 1. The Morgan fingerprint density at radius 1 is 1.67 bits per heavy atom. The summed E-state index contributed by atoms with van der Waals surface area (Å²) in [6.45, 7) is 0. The molecule has 1 atom stereocenters. The first-order valence-corrected chi connectivity index (χ1v) is 5.84. The Kier molecular flexibility index (Phi) is 2.53. The highest BCUT2D eigenvalue weighted by Crippen LogP contribution is 2.34. The molecule has 1 saturated carbocycles. The van der Waals surface area contributed by atoms with E-state index >= 15 is 0 Å². The van der Waals surface area contributed by atoms with Crippen LogP contribution in [0.15, 0.2) is 15.9 Å². The number of thiophene rings is 1. The standard InChI is InChI=1S/C9H11BrOS/c10-7-3-8(12-5-7)4-9(11)6-1-2-6/h3,5-6,9,11H,1-2,4H2. The van der Waals surface area contributed by atoms with Gasteiger partial charge in [0.1, 0.15) is 0 Å². The molecule has 1 aliphatic rings. The Bertz CT molecular complexity index is 267. The summed E-state index contributed by atoms with van der Waals surface area (Å²) < 4.78 is 1.13. The largest absolute Gasteiger partial charge is 0.392 e. The van der Waals surface area contributed by atoms with E-state index in [4.69, 9.17) is 0 Å². The zero-order valence-electron chi connectivity index (χ0n) is 6.66. The first-order valence-electron chi connectivity index (χ1n) is 4.16. The summed E-state index contributed by atoms with van der Waals surface area (Å²) in [5.41, 5.74) is 0. The van der Waals surface area contributed by atoms with Gasteiger partial charge in [0.05, 0.1) is 6.10 Å². The van der Waals surface area contributed by atoms with Crippen molar-refractivity contribution in [2.24, 2.45) is 5.92 Å². The van der Waals surface area contributed by atoms with Crippen molar-refractivity contribution < 1.29 is 5.11 Å². The average molecular weight is 247 g/mol. The minimum Gasteiger partial charge on any atom is -0.392 e. The average Bonchev–Trinajstić information content (AvgIpc) is 2.78. The van der Waals surface area contributed by atoms with Crippen LogP contribution >= 0.6 is 27.3 Å². The molecule has 1 heterocycles. The van der Waals surface area contributed by atoms with Crippen molar-refractivity contribution in [1.29, 1.82) is 0 Å². The second-order valence-electron chi connectivity index (χ2n) is 3.34. The van der Waals surface area contributed by atoms with E-state index in [0.717, 1.165) is 10.9 Å². The quantitative estimate of drug-likeness (QED) is 0.870. The maximum Gasteiger partial charge on any atom is 0.0616 e. The molecule has 1 fully saturated rings. The monoisotopic (exact) mass is 246 g/mol. The van der Waals surface area contributed by atoms with Gasteiger partial charge in [-0.1, -0.05) is 0 Å². The first kappa shape index (κ1) is 8.73. The third kappa shape index (κ3) is 2.09. The molecule has 2 rings (SSSR count). The minimum atomic E-state index is -0.101. The fourth-order valence-corrected chi connectivity index (χ4v) is 2.82. The minimum absolute atomic E-state index is 0.101. The molecule has 1 nitrogen and oxygen atoms in total. The summed E-state index contributed by atoms with van der Waals surface area (Å²) in [7, 11) is 0. The van der Waals surface area contributed by atoms with Gasteiger partial charge in [0.2, 0.25) is 0 Å². The van der Waals surface area contributed by atoms with Crippen LogP contribution in [0.4, 0.5) is 0 Å². The van der Waals surface area contributed by atoms with Gasteiger partial charge in [-0.25, -0.2) is 0 Å². The Morgan fingerprint density at radius 3 is 2.92 bits per heavy atom. The van der Waals surface area contributed by atoms with Crippen molar-refractivity contribution in [3.8, 4) is 0 Å². The van der Waals surface area contributed by atoms with Crippen LogP contribution in [0.25, 0.3) is 0 Å². The molecular weight excluding hydrogens is 236 g/mol. The molecule has 1 aliphatic carbocycles. The van der Waals surface area contributed by atoms with E-state index in [2.05, 4.69) is 27.4 Å². The molecule has 3 heteroatoms. The van der Waals surface area contributed by atoms with E-state index in [0.29, 0.717) is 5.92 Å². The number of halogens is 1. The highest BCUT2D eigenvalue weighted by Gasteiger charge is 2.29. The summed E-state index contributed by atoms with van der Waals surface area (Å²) >= 11 is 5.12. The number of rotatable bonds is 3. The van der Waals surface area contributed by atoms with Gasteiger partial charge in [-0.2, -0.15) is 0 Å². The van der Waals surface area contributed by atoms with Crippen LogP contribution in [0, 0.1) is 5.92 Å². The molecule has 0 aliphatic heterocycles. The van der Waals surface area contributed by atoms with Crippen LogP contribution in [0.2, 0.25) is 0 Å². The molecule has 66 valence electrons. The van der Waals surface area contributed by atoms with Gasteiger partial charge >= 0.3 is 0 Å². The molecule has 0 amide bonds. The summed E-state index contributed by atoms with van der Waals surface area (Å²) in [6.07, 6.45) is 3.16. The van der Waals surface area contributed by atoms with E-state index in [-0.39, 0.29) is 6.10 Å². The second kappa shape index (κ2) is 3.48. The molecule has 1 unspecified atom stereocenters. The third-order valence-electron chi connectivity index (χ3n) is 2.20. The SMILES string of the molecule is OC(Cc1cc(Br)cs1)C1CC1. The van der Waals surface area contributed by atoms with E-state index < -0.39 is 0 Å². The third-order valence-corrected chi connectivity index (χ3v) is 3.92. The first-order chi connectivity index (χ1) is 5.75. The molecule has 0 saturated heterocycles. The van der Waals surface area contributed by atoms with Crippen LogP contribution in [0.1, 0.15) is 17.7 Å². The maximum atomic E-state index is 9.64. The van der Waals surface area contributed by atoms with Crippen molar-refractivity contribution in [2.45, 2.75) is 25.4 Å². The molecule has 0 bridgehead atoms. The van der Waals surface area contributed by atoms with Crippen LogP contribution in [-0.2, 0) is 6.42 Å². The number of hydrogen-bond acceptors (Lipinski definition) is 2. The van der Waals surface area contributed by atoms with Crippen molar-refractivity contribution in [1.82, 2.24) is 0 Å². The predicted molar refractivity (Wildman–Crippen MR) is 54.5 cm³/mol. The van der Waals surface area contributed by atoms with Gasteiger partial charge < -0.3 is 5.11 Å². The highest BCUT2D eigenvalue weighted by molar-refractivity contribution is 9.10. The molecule has 0 spiro atoms. The van der Waals surface area contributed by atoms with Crippen LogP contribution in [-0.4, -0.2) is 11.2 Å². The van der Waals surface area contributed by atoms with E-state index in [9.17, 15) is 5.11 Å². The molecule has 1 aromatic rings. The van der Waals surface area contributed by atoms with Crippen LogP contribution in [0.5, 0.6) is 0 Å². The Hall–Kier alpha value is 0.140. The number of aliphatic hydroxyl groups excluding tert-OH is 1. The van der Waals surface area contributed by atoms with Gasteiger partial charge in [-0.05, 0) is 40.8 Å². The fraction of sp³-hybridized carbons (Fsp3) is 0.556. The highest BCUT2D eigenvalue weighted by atomic mass is 79.9. The van der Waals surface area contributed by atoms with Crippen molar-refractivity contribution in [3.63, 3.8) is 0 Å².